The number of piperazine rings is 1. The summed E-state index contributed by atoms with van der Waals surface area (Å²) in [5.41, 5.74) is 2.60. The second kappa shape index (κ2) is 8.92. The van der Waals surface area contributed by atoms with Crippen molar-refractivity contribution in [2.24, 2.45) is 0 Å². The van der Waals surface area contributed by atoms with Crippen LogP contribution in [0.2, 0.25) is 0 Å². The van der Waals surface area contributed by atoms with Gasteiger partial charge in [0.15, 0.2) is 5.11 Å². The molecule has 1 heterocycles. The van der Waals surface area contributed by atoms with Crippen LogP contribution in [0.1, 0.15) is 30.5 Å². The lowest BCUT2D eigenvalue weighted by Gasteiger charge is -2.40. The van der Waals surface area contributed by atoms with E-state index in [1.165, 1.54) is 11.1 Å². The predicted octanol–water partition coefficient (Wildman–Crippen LogP) is 3.20. The smallest absolute Gasteiger partial charge is 0.225 e. The predicted molar refractivity (Wildman–Crippen MR) is 109 cm³/mol. The van der Waals surface area contributed by atoms with Crippen molar-refractivity contribution in [3.8, 4) is 0 Å². The first-order chi connectivity index (χ1) is 12.7. The second-order valence-corrected chi connectivity index (χ2v) is 6.84. The average Bonchev–Trinajstić information content (AvgIpc) is 2.70. The van der Waals surface area contributed by atoms with Gasteiger partial charge in [-0.2, -0.15) is 0 Å². The summed E-state index contributed by atoms with van der Waals surface area (Å²) in [6, 6.07) is 21.5. The van der Waals surface area contributed by atoms with Gasteiger partial charge in [0.25, 0.3) is 0 Å². The van der Waals surface area contributed by atoms with E-state index in [1.807, 2.05) is 6.92 Å². The molecule has 1 amide bonds. The van der Waals surface area contributed by atoms with Crippen LogP contribution in [0.4, 0.5) is 0 Å². The molecule has 1 fully saturated rings. The molecule has 0 saturated carbocycles. The third-order valence-corrected chi connectivity index (χ3v) is 5.12. The first-order valence-electron chi connectivity index (χ1n) is 9.11. The Morgan fingerprint density at radius 2 is 1.46 bits per heavy atom. The van der Waals surface area contributed by atoms with E-state index < -0.39 is 0 Å². The van der Waals surface area contributed by atoms with Gasteiger partial charge in [0.1, 0.15) is 0 Å². The highest BCUT2D eigenvalue weighted by atomic mass is 32.1. The lowest BCUT2D eigenvalue weighted by atomic mass is 9.96. The Morgan fingerprint density at radius 1 is 0.962 bits per heavy atom. The fraction of sp³-hybridized carbons (Fsp3) is 0.333. The summed E-state index contributed by atoms with van der Waals surface area (Å²) in [6.07, 6.45) is 0.449. The van der Waals surface area contributed by atoms with Gasteiger partial charge in [-0.15, -0.1) is 0 Å². The van der Waals surface area contributed by atoms with Crippen molar-refractivity contribution >= 4 is 23.2 Å². The number of amides is 1. The van der Waals surface area contributed by atoms with Crippen molar-refractivity contribution in [1.29, 1.82) is 0 Å². The van der Waals surface area contributed by atoms with Gasteiger partial charge in [-0.1, -0.05) is 67.6 Å². The molecule has 4 nitrogen and oxygen atoms in total. The molecule has 136 valence electrons. The maximum Gasteiger partial charge on any atom is 0.225 e. The van der Waals surface area contributed by atoms with Gasteiger partial charge in [0.05, 0.1) is 6.04 Å². The fourth-order valence-electron chi connectivity index (χ4n) is 3.35. The summed E-state index contributed by atoms with van der Waals surface area (Å²) in [6.45, 7) is 5.27. The number of hydrogen-bond donors (Lipinski definition) is 1. The van der Waals surface area contributed by atoms with Gasteiger partial charge in [-0.25, -0.2) is 0 Å². The molecule has 1 N–H and O–H groups in total. The zero-order valence-electron chi connectivity index (χ0n) is 15.1. The molecule has 0 radical (unpaired) electrons. The van der Waals surface area contributed by atoms with Gasteiger partial charge in [-0.3, -0.25) is 9.69 Å². The van der Waals surface area contributed by atoms with Crippen LogP contribution in [0.5, 0.6) is 0 Å². The Morgan fingerprint density at radius 3 is 1.92 bits per heavy atom. The third-order valence-electron chi connectivity index (χ3n) is 4.76. The fourth-order valence-corrected chi connectivity index (χ4v) is 3.65. The van der Waals surface area contributed by atoms with E-state index in [0.29, 0.717) is 11.5 Å². The van der Waals surface area contributed by atoms with E-state index in [1.54, 1.807) is 0 Å². The largest absolute Gasteiger partial charge is 0.346 e. The molecule has 0 spiro atoms. The van der Waals surface area contributed by atoms with Gasteiger partial charge in [0, 0.05) is 32.6 Å². The van der Waals surface area contributed by atoms with Crippen molar-refractivity contribution in [2.45, 2.75) is 19.4 Å². The van der Waals surface area contributed by atoms with Crippen molar-refractivity contribution in [2.75, 3.05) is 26.2 Å². The standard InChI is InChI=1S/C21H25N3OS/c1-2-19(25)22-21(26)24-15-13-23(14-16-24)20(17-9-5-3-6-10-17)18-11-7-4-8-12-18/h3-12,20H,2,13-16H2,1H3,(H,22,25,26). The molecule has 0 aromatic heterocycles. The number of benzene rings is 2. The van der Waals surface area contributed by atoms with Gasteiger partial charge >= 0.3 is 0 Å². The summed E-state index contributed by atoms with van der Waals surface area (Å²) in [5.74, 6) is -0.0242. The molecule has 5 heteroatoms. The van der Waals surface area contributed by atoms with Crippen molar-refractivity contribution < 1.29 is 4.79 Å². The number of nitrogens with one attached hydrogen (secondary N) is 1. The molecule has 2 aromatic rings. The summed E-state index contributed by atoms with van der Waals surface area (Å²) in [7, 11) is 0. The summed E-state index contributed by atoms with van der Waals surface area (Å²) in [4.78, 5) is 16.2. The summed E-state index contributed by atoms with van der Waals surface area (Å²) in [5, 5.41) is 3.36. The molecular formula is C21H25N3OS. The lowest BCUT2D eigenvalue weighted by molar-refractivity contribution is -0.119. The number of carbonyl (C=O) groups is 1. The molecule has 1 saturated heterocycles. The minimum Gasteiger partial charge on any atom is -0.346 e. The summed E-state index contributed by atoms with van der Waals surface area (Å²) < 4.78 is 0. The van der Waals surface area contributed by atoms with Crippen LogP contribution in [0.3, 0.4) is 0 Å². The quantitative estimate of drug-likeness (QED) is 0.842. The van der Waals surface area contributed by atoms with Crippen LogP contribution in [-0.4, -0.2) is 47.0 Å². The van der Waals surface area contributed by atoms with Crippen molar-refractivity contribution in [3.05, 3.63) is 71.8 Å². The molecule has 1 aliphatic heterocycles. The lowest BCUT2D eigenvalue weighted by Crippen LogP contribution is -2.53. The van der Waals surface area contributed by atoms with Crippen molar-refractivity contribution in [3.63, 3.8) is 0 Å². The average molecular weight is 368 g/mol. The first kappa shape index (κ1) is 18.5. The number of thiocarbonyl (C=S) groups is 1. The van der Waals surface area contributed by atoms with E-state index >= 15 is 0 Å². The van der Waals surface area contributed by atoms with Gasteiger partial charge < -0.3 is 10.2 Å². The zero-order valence-corrected chi connectivity index (χ0v) is 15.9. The number of rotatable bonds is 4. The van der Waals surface area contributed by atoms with Crippen LogP contribution in [0, 0.1) is 0 Å². The molecule has 0 aliphatic carbocycles. The minimum absolute atomic E-state index is 0.0242. The van der Waals surface area contributed by atoms with E-state index in [4.69, 9.17) is 12.2 Å². The van der Waals surface area contributed by atoms with Crippen LogP contribution >= 0.6 is 12.2 Å². The Bertz CT molecular complexity index is 688. The van der Waals surface area contributed by atoms with E-state index in [-0.39, 0.29) is 11.9 Å². The van der Waals surface area contributed by atoms with E-state index in [0.717, 1.165) is 26.2 Å². The molecular weight excluding hydrogens is 342 g/mol. The Labute approximate surface area is 160 Å². The Hall–Kier alpha value is -2.24. The highest BCUT2D eigenvalue weighted by Gasteiger charge is 2.27. The zero-order chi connectivity index (χ0) is 18.4. The molecule has 1 aliphatic rings. The normalized spacial score (nSPS) is 15.1. The Balaban J connectivity index is 1.72. The van der Waals surface area contributed by atoms with Gasteiger partial charge in [0.2, 0.25) is 5.91 Å². The SMILES string of the molecule is CCC(=O)NC(=S)N1CCN(C(c2ccccc2)c2ccccc2)CC1. The van der Waals surface area contributed by atoms with Crippen molar-refractivity contribution in [1.82, 2.24) is 15.1 Å². The number of carbonyl (C=O) groups excluding carboxylic acids is 1. The topological polar surface area (TPSA) is 35.6 Å². The van der Waals surface area contributed by atoms with E-state index in [2.05, 4.69) is 75.8 Å². The van der Waals surface area contributed by atoms with Crippen LogP contribution < -0.4 is 5.32 Å². The maximum atomic E-state index is 11.6. The molecule has 2 aromatic carbocycles. The van der Waals surface area contributed by atoms with Crippen LogP contribution in [0.15, 0.2) is 60.7 Å². The minimum atomic E-state index is -0.0242. The van der Waals surface area contributed by atoms with Crippen LogP contribution in [-0.2, 0) is 4.79 Å². The first-order valence-corrected chi connectivity index (χ1v) is 9.52. The van der Waals surface area contributed by atoms with Gasteiger partial charge in [-0.05, 0) is 23.3 Å². The van der Waals surface area contributed by atoms with E-state index in [9.17, 15) is 4.79 Å². The number of nitrogens with zero attached hydrogens (tertiary/aromatic N) is 2. The highest BCUT2D eigenvalue weighted by molar-refractivity contribution is 7.80. The third kappa shape index (κ3) is 4.48. The summed E-state index contributed by atoms with van der Waals surface area (Å²) >= 11 is 5.38. The monoisotopic (exact) mass is 367 g/mol. The Kier molecular flexibility index (Phi) is 6.36. The van der Waals surface area contributed by atoms with Crippen LogP contribution in [0.25, 0.3) is 0 Å². The maximum absolute atomic E-state index is 11.6. The molecule has 0 atom stereocenters. The molecule has 3 rings (SSSR count). The second-order valence-electron chi connectivity index (χ2n) is 6.45. The molecule has 0 bridgehead atoms. The molecule has 26 heavy (non-hydrogen) atoms. The highest BCUT2D eigenvalue weighted by Crippen LogP contribution is 2.29. The molecule has 0 unspecified atom stereocenters. The number of hydrogen-bond acceptors (Lipinski definition) is 3.